The lowest BCUT2D eigenvalue weighted by Gasteiger charge is -2.37. The number of hydrogen-bond donors (Lipinski definition) is 1. The number of ketones is 1. The van der Waals surface area contributed by atoms with Gasteiger partial charge in [0.2, 0.25) is 5.88 Å². The van der Waals surface area contributed by atoms with E-state index in [-0.39, 0.29) is 22.7 Å². The minimum absolute atomic E-state index is 0.00371. The number of allylic oxidation sites excluding steroid dienone is 2. The molecule has 0 unspecified atom stereocenters. The number of Topliss-reactive ketones (excluding diaryl/α,β-unsaturated/α-hetero) is 1. The lowest BCUT2D eigenvalue weighted by molar-refractivity contribution is -0.136. The van der Waals surface area contributed by atoms with Crippen LogP contribution in [0.5, 0.6) is 5.75 Å². The molecule has 0 saturated carbocycles. The first-order valence-electron chi connectivity index (χ1n) is 10.5. The van der Waals surface area contributed by atoms with Gasteiger partial charge >= 0.3 is 5.97 Å². The van der Waals surface area contributed by atoms with Gasteiger partial charge in [-0.25, -0.2) is 4.79 Å². The molecule has 0 aromatic heterocycles. The lowest BCUT2D eigenvalue weighted by Crippen LogP contribution is -2.35. The van der Waals surface area contributed by atoms with E-state index in [1.807, 2.05) is 38.1 Å². The number of carbonyl (C=O) groups excluding carboxylic acids is 2. The van der Waals surface area contributed by atoms with E-state index in [1.54, 1.807) is 0 Å². The third kappa shape index (κ3) is 4.53. The minimum Gasteiger partial charge on any atom is -0.494 e. The van der Waals surface area contributed by atoms with Gasteiger partial charge in [0.1, 0.15) is 17.1 Å². The van der Waals surface area contributed by atoms with Crippen molar-refractivity contribution in [2.24, 2.45) is 11.1 Å². The molecule has 1 aromatic carbocycles. The van der Waals surface area contributed by atoms with Crippen molar-refractivity contribution in [1.29, 1.82) is 0 Å². The fraction of sp³-hybridized carbons (Fsp3) is 0.500. The molecule has 1 aromatic rings. The van der Waals surface area contributed by atoms with E-state index >= 15 is 0 Å². The smallest absolute Gasteiger partial charge is 0.340 e. The van der Waals surface area contributed by atoms with Crippen molar-refractivity contribution in [2.45, 2.75) is 58.8 Å². The zero-order valence-electron chi connectivity index (χ0n) is 18.2. The highest BCUT2D eigenvalue weighted by Gasteiger charge is 2.44. The third-order valence-corrected chi connectivity index (χ3v) is 5.59. The third-order valence-electron chi connectivity index (χ3n) is 5.59. The Morgan fingerprint density at radius 3 is 2.53 bits per heavy atom. The summed E-state index contributed by atoms with van der Waals surface area (Å²) in [4.78, 5) is 25.6. The number of rotatable bonds is 7. The van der Waals surface area contributed by atoms with E-state index in [9.17, 15) is 9.59 Å². The molecule has 0 saturated heterocycles. The van der Waals surface area contributed by atoms with Crippen LogP contribution in [0.1, 0.15) is 64.4 Å². The highest BCUT2D eigenvalue weighted by Crippen LogP contribution is 2.48. The molecule has 0 bridgehead atoms. The predicted molar refractivity (Wildman–Crippen MR) is 114 cm³/mol. The van der Waals surface area contributed by atoms with Crippen LogP contribution in [0.3, 0.4) is 0 Å². The van der Waals surface area contributed by atoms with Crippen molar-refractivity contribution in [3.05, 3.63) is 52.6 Å². The van der Waals surface area contributed by atoms with Gasteiger partial charge in [0, 0.05) is 18.4 Å². The number of methoxy groups -OCH3 is 1. The van der Waals surface area contributed by atoms with Crippen molar-refractivity contribution in [1.82, 2.24) is 0 Å². The topological polar surface area (TPSA) is 87.8 Å². The van der Waals surface area contributed by atoms with E-state index in [0.29, 0.717) is 30.8 Å². The quantitative estimate of drug-likeness (QED) is 0.528. The Morgan fingerprint density at radius 1 is 1.20 bits per heavy atom. The standard InChI is InChI=1S/C24H31NO5/c1-5-6-7-12-29-16-10-8-15(9-11-16)19-20-17(26)13-24(2,3)14-18(20)30-22(25)21(19)23(27)28-4/h8-11,19H,5-7,12-14,25H2,1-4H3/t19-/m0/s1. The molecule has 0 radical (unpaired) electrons. The molecular formula is C24H31NO5. The molecule has 3 rings (SSSR count). The Hall–Kier alpha value is -2.76. The average Bonchev–Trinajstić information content (AvgIpc) is 2.69. The number of ether oxygens (including phenoxy) is 3. The normalized spacial score (nSPS) is 20.5. The van der Waals surface area contributed by atoms with Crippen molar-refractivity contribution < 1.29 is 23.8 Å². The van der Waals surface area contributed by atoms with Gasteiger partial charge < -0.3 is 19.9 Å². The van der Waals surface area contributed by atoms with Gasteiger partial charge in [-0.3, -0.25) is 4.79 Å². The molecule has 1 heterocycles. The second kappa shape index (κ2) is 8.94. The highest BCUT2D eigenvalue weighted by molar-refractivity contribution is 6.03. The molecule has 0 fully saturated rings. The largest absolute Gasteiger partial charge is 0.494 e. The van der Waals surface area contributed by atoms with Gasteiger partial charge in [-0.1, -0.05) is 45.7 Å². The predicted octanol–water partition coefficient (Wildman–Crippen LogP) is 4.36. The van der Waals surface area contributed by atoms with Crippen LogP contribution < -0.4 is 10.5 Å². The molecule has 30 heavy (non-hydrogen) atoms. The molecule has 0 amide bonds. The minimum atomic E-state index is -0.612. The number of carbonyl (C=O) groups is 2. The van der Waals surface area contributed by atoms with Crippen LogP contribution in [-0.4, -0.2) is 25.5 Å². The van der Waals surface area contributed by atoms with E-state index in [1.165, 1.54) is 7.11 Å². The SMILES string of the molecule is CCCCCOc1ccc([C@@H]2C(C(=O)OC)=C(N)OC3=C2C(=O)CC(C)(C)C3)cc1. The fourth-order valence-corrected chi connectivity index (χ4v) is 4.13. The summed E-state index contributed by atoms with van der Waals surface area (Å²) in [6.07, 6.45) is 4.24. The number of unbranched alkanes of at least 4 members (excludes halogenated alkanes) is 2. The zero-order valence-corrected chi connectivity index (χ0v) is 18.2. The summed E-state index contributed by atoms with van der Waals surface area (Å²) in [5.74, 6) is 0.0617. The van der Waals surface area contributed by atoms with Crippen LogP contribution in [0.4, 0.5) is 0 Å². The van der Waals surface area contributed by atoms with Crippen molar-refractivity contribution >= 4 is 11.8 Å². The maximum absolute atomic E-state index is 13.1. The second-order valence-corrected chi connectivity index (χ2v) is 8.71. The Kier molecular flexibility index (Phi) is 6.54. The van der Waals surface area contributed by atoms with Gasteiger partial charge in [0.25, 0.3) is 0 Å². The Balaban J connectivity index is 1.97. The number of hydrogen-bond acceptors (Lipinski definition) is 6. The van der Waals surface area contributed by atoms with Crippen molar-refractivity contribution in [3.8, 4) is 5.75 Å². The van der Waals surface area contributed by atoms with E-state index in [0.717, 1.165) is 30.6 Å². The molecule has 6 heteroatoms. The van der Waals surface area contributed by atoms with Gasteiger partial charge in [0.05, 0.1) is 19.6 Å². The molecule has 1 aliphatic heterocycles. The van der Waals surface area contributed by atoms with E-state index < -0.39 is 11.9 Å². The molecule has 6 nitrogen and oxygen atoms in total. The summed E-state index contributed by atoms with van der Waals surface area (Å²) in [5, 5.41) is 0. The Bertz CT molecular complexity index is 879. The molecule has 2 aliphatic rings. The Morgan fingerprint density at radius 2 is 1.90 bits per heavy atom. The number of nitrogens with two attached hydrogens (primary N) is 1. The van der Waals surface area contributed by atoms with Crippen molar-refractivity contribution in [3.63, 3.8) is 0 Å². The molecule has 0 spiro atoms. The van der Waals surface area contributed by atoms with Crippen LogP contribution in [0, 0.1) is 5.41 Å². The first kappa shape index (κ1) is 21.9. The number of benzene rings is 1. The number of esters is 1. The van der Waals surface area contributed by atoms with E-state index in [2.05, 4.69) is 6.92 Å². The Labute approximate surface area is 178 Å². The van der Waals surface area contributed by atoms with Crippen LogP contribution in [0.25, 0.3) is 0 Å². The average molecular weight is 414 g/mol. The van der Waals surface area contributed by atoms with E-state index in [4.69, 9.17) is 19.9 Å². The lowest BCUT2D eigenvalue weighted by atomic mass is 9.70. The van der Waals surface area contributed by atoms with Crippen LogP contribution >= 0.6 is 0 Å². The summed E-state index contributed by atoms with van der Waals surface area (Å²) >= 11 is 0. The summed E-state index contributed by atoms with van der Waals surface area (Å²) in [6.45, 7) is 6.85. The summed E-state index contributed by atoms with van der Waals surface area (Å²) in [5.41, 5.74) is 7.36. The first-order chi connectivity index (χ1) is 14.3. The van der Waals surface area contributed by atoms with Gasteiger partial charge in [-0.15, -0.1) is 0 Å². The van der Waals surface area contributed by atoms with Crippen LogP contribution in [0.2, 0.25) is 0 Å². The molecule has 2 N–H and O–H groups in total. The summed E-state index contributed by atoms with van der Waals surface area (Å²) in [6, 6.07) is 7.47. The zero-order chi connectivity index (χ0) is 21.9. The van der Waals surface area contributed by atoms with Gasteiger partial charge in [-0.05, 0) is 29.5 Å². The second-order valence-electron chi connectivity index (χ2n) is 8.71. The van der Waals surface area contributed by atoms with Gasteiger partial charge in [0.15, 0.2) is 5.78 Å². The maximum Gasteiger partial charge on any atom is 0.340 e. The molecule has 1 atom stereocenters. The van der Waals surface area contributed by atoms with Crippen LogP contribution in [-0.2, 0) is 19.1 Å². The summed E-state index contributed by atoms with van der Waals surface area (Å²) < 4.78 is 16.5. The van der Waals surface area contributed by atoms with Crippen molar-refractivity contribution in [2.75, 3.05) is 13.7 Å². The van der Waals surface area contributed by atoms with Gasteiger partial charge in [-0.2, -0.15) is 0 Å². The first-order valence-corrected chi connectivity index (χ1v) is 10.5. The molecule has 162 valence electrons. The summed E-state index contributed by atoms with van der Waals surface area (Å²) in [7, 11) is 1.29. The maximum atomic E-state index is 13.1. The molecular weight excluding hydrogens is 382 g/mol. The fourth-order valence-electron chi connectivity index (χ4n) is 4.13. The monoisotopic (exact) mass is 413 g/mol. The van der Waals surface area contributed by atoms with Crippen LogP contribution in [0.15, 0.2) is 47.1 Å². The highest BCUT2D eigenvalue weighted by atomic mass is 16.5. The molecule has 1 aliphatic carbocycles.